The Morgan fingerprint density at radius 2 is 2.06 bits per heavy atom. The quantitative estimate of drug-likeness (QED) is 0.522. The normalized spacial score (nSPS) is 12.4. The van der Waals surface area contributed by atoms with Crippen LogP contribution in [0.25, 0.3) is 0 Å². The molecule has 1 unspecified atom stereocenters. The summed E-state index contributed by atoms with van der Waals surface area (Å²) in [5.41, 5.74) is 0.773. The molecule has 0 aliphatic carbocycles. The number of hydrogen-bond donors (Lipinski definition) is 0. The van der Waals surface area contributed by atoms with Crippen molar-refractivity contribution in [3.05, 3.63) is 17.8 Å². The molecule has 1 atom stereocenters. The van der Waals surface area contributed by atoms with Crippen LogP contribution in [0.15, 0.2) is 12.1 Å². The number of nitrogens with zero attached hydrogens (tertiary/aromatic N) is 2. The van der Waals surface area contributed by atoms with Crippen molar-refractivity contribution < 1.29 is 4.74 Å². The minimum Gasteiger partial charge on any atom is -0.474 e. The van der Waals surface area contributed by atoms with Crippen LogP contribution >= 0.6 is 11.6 Å². The average molecular weight is 257 g/mol. The standard InChI is InChI=1S/C13H21ClN2O/c1-3-4-5-6-7-11(2)17-13-9-8-12(10-14)15-16-13/h8-9,11H,3-7,10H2,1-2H3. The van der Waals surface area contributed by atoms with Crippen LogP contribution in [0.5, 0.6) is 5.88 Å². The molecule has 0 N–H and O–H groups in total. The molecule has 0 fully saturated rings. The van der Waals surface area contributed by atoms with Gasteiger partial charge in [0.05, 0.1) is 17.7 Å². The minimum absolute atomic E-state index is 0.197. The van der Waals surface area contributed by atoms with Crippen LogP contribution < -0.4 is 4.74 Å². The van der Waals surface area contributed by atoms with Crippen LogP contribution in [-0.2, 0) is 5.88 Å². The van der Waals surface area contributed by atoms with Gasteiger partial charge < -0.3 is 4.74 Å². The summed E-state index contributed by atoms with van der Waals surface area (Å²) in [6.07, 6.45) is 6.32. The zero-order valence-corrected chi connectivity index (χ0v) is 11.4. The lowest BCUT2D eigenvalue weighted by molar-refractivity contribution is 0.196. The molecule has 96 valence electrons. The molecule has 0 aromatic carbocycles. The third-order valence-corrected chi connectivity index (χ3v) is 2.89. The lowest BCUT2D eigenvalue weighted by Crippen LogP contribution is -2.12. The van der Waals surface area contributed by atoms with Gasteiger partial charge in [-0.05, 0) is 25.8 Å². The number of aromatic nitrogens is 2. The number of ether oxygens (including phenoxy) is 1. The Morgan fingerprint density at radius 3 is 2.65 bits per heavy atom. The van der Waals surface area contributed by atoms with E-state index in [-0.39, 0.29) is 6.10 Å². The Balaban J connectivity index is 2.26. The zero-order chi connectivity index (χ0) is 12.5. The Morgan fingerprint density at radius 1 is 1.24 bits per heavy atom. The summed E-state index contributed by atoms with van der Waals surface area (Å²) in [4.78, 5) is 0. The highest BCUT2D eigenvalue weighted by atomic mass is 35.5. The van der Waals surface area contributed by atoms with Gasteiger partial charge in [0.15, 0.2) is 0 Å². The van der Waals surface area contributed by atoms with Gasteiger partial charge in [-0.15, -0.1) is 16.7 Å². The smallest absolute Gasteiger partial charge is 0.233 e. The molecule has 1 rings (SSSR count). The van der Waals surface area contributed by atoms with Crippen molar-refractivity contribution in [2.45, 2.75) is 57.9 Å². The van der Waals surface area contributed by atoms with Crippen molar-refractivity contribution in [2.75, 3.05) is 0 Å². The minimum atomic E-state index is 0.197. The van der Waals surface area contributed by atoms with Gasteiger partial charge in [-0.25, -0.2) is 0 Å². The van der Waals surface area contributed by atoms with Crippen LogP contribution in [0.4, 0.5) is 0 Å². The molecular formula is C13H21ClN2O. The molecule has 1 heterocycles. The molecule has 0 radical (unpaired) electrons. The number of halogens is 1. The highest BCUT2D eigenvalue weighted by molar-refractivity contribution is 6.16. The maximum Gasteiger partial charge on any atom is 0.233 e. The highest BCUT2D eigenvalue weighted by Crippen LogP contribution is 2.12. The lowest BCUT2D eigenvalue weighted by atomic mass is 10.1. The molecule has 1 aromatic heterocycles. The van der Waals surface area contributed by atoms with Crippen molar-refractivity contribution in [1.82, 2.24) is 10.2 Å². The van der Waals surface area contributed by atoms with Crippen molar-refractivity contribution in [3.8, 4) is 5.88 Å². The monoisotopic (exact) mass is 256 g/mol. The summed E-state index contributed by atoms with van der Waals surface area (Å²) in [6.45, 7) is 4.29. The molecule has 0 spiro atoms. The van der Waals surface area contributed by atoms with Crippen LogP contribution in [0, 0.1) is 0 Å². The molecule has 0 amide bonds. The van der Waals surface area contributed by atoms with E-state index in [1.54, 1.807) is 0 Å². The number of hydrogen-bond acceptors (Lipinski definition) is 3. The predicted molar refractivity (Wildman–Crippen MR) is 70.4 cm³/mol. The van der Waals surface area contributed by atoms with Crippen LogP contribution in [-0.4, -0.2) is 16.3 Å². The van der Waals surface area contributed by atoms with Crippen LogP contribution in [0.2, 0.25) is 0 Å². The molecule has 0 saturated carbocycles. The molecule has 0 aliphatic rings. The number of alkyl halides is 1. The van der Waals surface area contributed by atoms with E-state index in [0.717, 1.165) is 12.1 Å². The lowest BCUT2D eigenvalue weighted by Gasteiger charge is -2.13. The van der Waals surface area contributed by atoms with Gasteiger partial charge in [-0.3, -0.25) is 0 Å². The highest BCUT2D eigenvalue weighted by Gasteiger charge is 2.05. The average Bonchev–Trinajstić information content (AvgIpc) is 2.36. The van der Waals surface area contributed by atoms with Gasteiger partial charge in [-0.2, -0.15) is 5.10 Å². The van der Waals surface area contributed by atoms with Crippen molar-refractivity contribution >= 4 is 11.6 Å². The van der Waals surface area contributed by atoms with Gasteiger partial charge in [0, 0.05) is 6.07 Å². The fraction of sp³-hybridized carbons (Fsp3) is 0.692. The number of rotatable bonds is 8. The second-order valence-electron chi connectivity index (χ2n) is 4.27. The summed E-state index contributed by atoms with van der Waals surface area (Å²) in [5.74, 6) is 0.974. The van der Waals surface area contributed by atoms with Crippen molar-refractivity contribution in [3.63, 3.8) is 0 Å². The van der Waals surface area contributed by atoms with Gasteiger partial charge in [0.25, 0.3) is 0 Å². The first-order valence-electron chi connectivity index (χ1n) is 6.31. The summed E-state index contributed by atoms with van der Waals surface area (Å²) < 4.78 is 5.68. The third kappa shape index (κ3) is 5.87. The van der Waals surface area contributed by atoms with E-state index < -0.39 is 0 Å². The molecule has 17 heavy (non-hydrogen) atoms. The molecule has 4 heteroatoms. The second-order valence-corrected chi connectivity index (χ2v) is 4.54. The molecule has 0 saturated heterocycles. The summed E-state index contributed by atoms with van der Waals surface area (Å²) >= 11 is 5.64. The van der Waals surface area contributed by atoms with E-state index in [1.165, 1.54) is 25.7 Å². The van der Waals surface area contributed by atoms with E-state index in [1.807, 2.05) is 12.1 Å². The Labute approximate surface area is 109 Å². The van der Waals surface area contributed by atoms with E-state index in [9.17, 15) is 0 Å². The summed E-state index contributed by atoms with van der Waals surface area (Å²) in [5, 5.41) is 7.93. The van der Waals surface area contributed by atoms with Crippen molar-refractivity contribution in [2.24, 2.45) is 0 Å². The van der Waals surface area contributed by atoms with Gasteiger partial charge >= 0.3 is 0 Å². The first-order valence-corrected chi connectivity index (χ1v) is 6.85. The molecule has 0 aliphatic heterocycles. The van der Waals surface area contributed by atoms with Crippen molar-refractivity contribution in [1.29, 1.82) is 0 Å². The fourth-order valence-electron chi connectivity index (χ4n) is 1.61. The molecule has 3 nitrogen and oxygen atoms in total. The fourth-order valence-corrected chi connectivity index (χ4v) is 1.75. The Bertz CT molecular complexity index is 303. The summed E-state index contributed by atoms with van der Waals surface area (Å²) in [6, 6.07) is 3.67. The summed E-state index contributed by atoms with van der Waals surface area (Å²) in [7, 11) is 0. The zero-order valence-electron chi connectivity index (χ0n) is 10.7. The van der Waals surface area contributed by atoms with E-state index >= 15 is 0 Å². The molecule has 0 bridgehead atoms. The first-order chi connectivity index (χ1) is 8.26. The molecular weight excluding hydrogens is 236 g/mol. The largest absolute Gasteiger partial charge is 0.474 e. The molecule has 1 aromatic rings. The predicted octanol–water partition coefficient (Wildman–Crippen LogP) is 3.95. The topological polar surface area (TPSA) is 35.0 Å². The van der Waals surface area contributed by atoms with Gasteiger partial charge in [0.1, 0.15) is 0 Å². The van der Waals surface area contributed by atoms with E-state index in [0.29, 0.717) is 11.8 Å². The number of unbranched alkanes of at least 4 members (excludes halogenated alkanes) is 3. The SMILES string of the molecule is CCCCCCC(C)Oc1ccc(CCl)nn1. The third-order valence-electron chi connectivity index (χ3n) is 2.62. The van der Waals surface area contributed by atoms with Crippen LogP contribution in [0.3, 0.4) is 0 Å². The second kappa shape index (κ2) is 8.29. The maximum absolute atomic E-state index is 5.68. The Hall–Kier alpha value is -0.830. The van der Waals surface area contributed by atoms with E-state index in [4.69, 9.17) is 16.3 Å². The van der Waals surface area contributed by atoms with Gasteiger partial charge in [-0.1, -0.05) is 26.2 Å². The van der Waals surface area contributed by atoms with Crippen LogP contribution in [0.1, 0.15) is 51.6 Å². The Kier molecular flexibility index (Phi) is 6.94. The van der Waals surface area contributed by atoms with Gasteiger partial charge in [0.2, 0.25) is 5.88 Å². The first kappa shape index (κ1) is 14.2. The van der Waals surface area contributed by atoms with E-state index in [2.05, 4.69) is 24.0 Å². The maximum atomic E-state index is 5.68.